The van der Waals surface area contributed by atoms with Crippen LogP contribution >= 0.6 is 0 Å². The van der Waals surface area contributed by atoms with Crippen LogP contribution in [0.15, 0.2) is 202 Å². The van der Waals surface area contributed by atoms with E-state index in [4.69, 9.17) is 4.42 Å². The maximum atomic E-state index is 13.8. The molecule has 0 unspecified atom stereocenters. The Morgan fingerprint density at radius 1 is 0.418 bits per heavy atom. The van der Waals surface area contributed by atoms with Crippen LogP contribution in [-0.4, -0.2) is 13.0 Å². The van der Waals surface area contributed by atoms with E-state index in [1.165, 1.54) is 16.2 Å². The molecule has 0 aliphatic carbocycles. The minimum absolute atomic E-state index is 0.272. The summed E-state index contributed by atoms with van der Waals surface area (Å²) in [4.78, 5) is 0.551. The van der Waals surface area contributed by atoms with E-state index in [0.29, 0.717) is 0 Å². The first-order valence-corrected chi connectivity index (χ1v) is 19.8. The predicted octanol–water partition coefficient (Wildman–Crippen LogP) is 13.2. The number of rotatable bonds is 5. The van der Waals surface area contributed by atoms with Gasteiger partial charge in [-0.1, -0.05) is 115 Å². The highest BCUT2D eigenvalue weighted by Gasteiger charge is 2.21. The minimum Gasteiger partial charge on any atom is -0.455 e. The van der Waals surface area contributed by atoms with Gasteiger partial charge in [-0.25, -0.2) is 8.42 Å². The van der Waals surface area contributed by atoms with Crippen molar-refractivity contribution in [2.24, 2.45) is 0 Å². The monoisotopic (exact) mass is 725 g/mol. The largest absolute Gasteiger partial charge is 0.455 e. The van der Waals surface area contributed by atoms with Crippen molar-refractivity contribution in [3.63, 3.8) is 0 Å². The van der Waals surface area contributed by atoms with Crippen molar-refractivity contribution in [3.05, 3.63) is 188 Å². The van der Waals surface area contributed by atoms with Gasteiger partial charge in [0.25, 0.3) is 0 Å². The number of fused-ring (bicyclic) bond motifs is 9. The molecule has 0 aliphatic heterocycles. The topological polar surface area (TPSA) is 52.2 Å². The lowest BCUT2D eigenvalue weighted by atomic mass is 9.94. The van der Waals surface area contributed by atoms with E-state index in [9.17, 15) is 8.42 Å². The molecule has 0 spiro atoms. The number of hydrogen-bond acceptors (Lipinski definition) is 3. The van der Waals surface area contributed by atoms with Crippen LogP contribution in [0.2, 0.25) is 0 Å². The number of nitrogens with zero attached hydrogens (tertiary/aromatic N) is 1. The molecule has 260 valence electrons. The molecular formula is C50H31NO3S. The standard InChI is InChI=1S/C50H31NO3S/c52-55(53,39-16-5-2-6-17-39)40-24-26-47-44(31-40)43-27-36(23-25-46(43)51(47)38-14-3-1-4-15-38)32-19-21-33(22-20-32)42-29-37-13-9-10-18-41(37)49-45-28-34-11-7-8-12-35(34)30-48(45)54-50(42)49/h1-31H. The molecule has 0 saturated heterocycles. The maximum Gasteiger partial charge on any atom is 0.206 e. The quantitative estimate of drug-likeness (QED) is 0.177. The van der Waals surface area contributed by atoms with Gasteiger partial charge >= 0.3 is 0 Å². The molecule has 9 aromatic carbocycles. The molecule has 2 aromatic heterocycles. The fourth-order valence-corrected chi connectivity index (χ4v) is 9.62. The molecule has 2 heterocycles. The summed E-state index contributed by atoms with van der Waals surface area (Å²) in [5.74, 6) is 0. The van der Waals surface area contributed by atoms with E-state index >= 15 is 0 Å². The molecule has 0 amide bonds. The van der Waals surface area contributed by atoms with E-state index in [1.807, 2.05) is 36.4 Å². The lowest BCUT2D eigenvalue weighted by molar-refractivity contribution is 0.596. The van der Waals surface area contributed by atoms with Crippen LogP contribution in [0.5, 0.6) is 0 Å². The van der Waals surface area contributed by atoms with Crippen molar-refractivity contribution in [3.8, 4) is 27.9 Å². The summed E-state index contributed by atoms with van der Waals surface area (Å²) in [5.41, 5.74) is 8.95. The van der Waals surface area contributed by atoms with Crippen LogP contribution in [0.25, 0.3) is 93.2 Å². The van der Waals surface area contributed by atoms with Gasteiger partial charge in [-0.3, -0.25) is 0 Å². The highest BCUT2D eigenvalue weighted by Crippen LogP contribution is 2.43. The number of furan rings is 1. The van der Waals surface area contributed by atoms with E-state index < -0.39 is 9.84 Å². The van der Waals surface area contributed by atoms with Gasteiger partial charge in [0.15, 0.2) is 0 Å². The molecule has 0 atom stereocenters. The summed E-state index contributed by atoms with van der Waals surface area (Å²) in [7, 11) is -3.71. The second-order valence-corrected chi connectivity index (χ2v) is 16.1. The minimum atomic E-state index is -3.71. The van der Waals surface area contributed by atoms with Crippen molar-refractivity contribution < 1.29 is 12.8 Å². The Morgan fingerprint density at radius 2 is 1.02 bits per heavy atom. The Labute approximate surface area is 317 Å². The smallest absolute Gasteiger partial charge is 0.206 e. The first-order chi connectivity index (χ1) is 27.0. The molecule has 0 N–H and O–H groups in total. The molecule has 0 bridgehead atoms. The normalized spacial score (nSPS) is 12.1. The third kappa shape index (κ3) is 4.94. The highest BCUT2D eigenvalue weighted by molar-refractivity contribution is 7.91. The average Bonchev–Trinajstić information content (AvgIpc) is 3.78. The summed E-state index contributed by atoms with van der Waals surface area (Å²) in [6.45, 7) is 0. The van der Waals surface area contributed by atoms with Gasteiger partial charge < -0.3 is 8.98 Å². The molecule has 5 heteroatoms. The van der Waals surface area contributed by atoms with Crippen molar-refractivity contribution in [2.75, 3.05) is 0 Å². The molecule has 55 heavy (non-hydrogen) atoms. The SMILES string of the molecule is O=S(=O)(c1ccccc1)c1ccc2c(c1)c1cc(-c3ccc(-c4cc5ccccc5c5c4oc4cc6ccccc6cc45)cc3)ccc1n2-c1ccccc1. The maximum absolute atomic E-state index is 13.8. The predicted molar refractivity (Wildman–Crippen MR) is 226 cm³/mol. The molecule has 11 rings (SSSR count). The van der Waals surface area contributed by atoms with Crippen LogP contribution in [0, 0.1) is 0 Å². The van der Waals surface area contributed by atoms with Crippen LogP contribution in [0.1, 0.15) is 0 Å². The summed E-state index contributed by atoms with van der Waals surface area (Å²) >= 11 is 0. The molecule has 0 fully saturated rings. The molecule has 11 aromatic rings. The lowest BCUT2D eigenvalue weighted by Gasteiger charge is -2.10. The van der Waals surface area contributed by atoms with E-state index in [-0.39, 0.29) is 9.79 Å². The Bertz CT molecular complexity index is 3420. The van der Waals surface area contributed by atoms with Gasteiger partial charge in [0.1, 0.15) is 11.2 Å². The van der Waals surface area contributed by atoms with Crippen LogP contribution < -0.4 is 0 Å². The Hall–Kier alpha value is -6.95. The Kier molecular flexibility index (Phi) is 6.91. The van der Waals surface area contributed by atoms with Crippen molar-refractivity contribution >= 4 is 75.1 Å². The summed E-state index contributed by atoms with van der Waals surface area (Å²) in [5, 5.41) is 8.80. The first-order valence-electron chi connectivity index (χ1n) is 18.3. The van der Waals surface area contributed by atoms with Gasteiger partial charge in [-0.2, -0.15) is 0 Å². The second-order valence-electron chi connectivity index (χ2n) is 14.1. The van der Waals surface area contributed by atoms with Crippen molar-refractivity contribution in [1.82, 2.24) is 4.57 Å². The van der Waals surface area contributed by atoms with E-state index in [1.54, 1.807) is 30.3 Å². The summed E-state index contributed by atoms with van der Waals surface area (Å²) < 4.78 is 36.5. The summed E-state index contributed by atoms with van der Waals surface area (Å²) in [6, 6.07) is 63.0. The molecular weight excluding hydrogens is 695 g/mol. The lowest BCUT2D eigenvalue weighted by Crippen LogP contribution is -2.01. The zero-order valence-electron chi connectivity index (χ0n) is 29.5. The number of para-hydroxylation sites is 1. The molecule has 0 aliphatic rings. The van der Waals surface area contributed by atoms with Crippen molar-refractivity contribution in [1.29, 1.82) is 0 Å². The highest BCUT2D eigenvalue weighted by atomic mass is 32.2. The number of hydrogen-bond donors (Lipinski definition) is 0. The first kappa shape index (κ1) is 31.6. The van der Waals surface area contributed by atoms with Gasteiger partial charge in [0.2, 0.25) is 9.84 Å². The Balaban J connectivity index is 1.07. The van der Waals surface area contributed by atoms with Crippen molar-refractivity contribution in [2.45, 2.75) is 9.79 Å². The second kappa shape index (κ2) is 12.0. The van der Waals surface area contributed by atoms with Crippen LogP contribution in [0.3, 0.4) is 0 Å². The Morgan fingerprint density at radius 3 is 1.78 bits per heavy atom. The molecule has 0 radical (unpaired) electrons. The zero-order valence-corrected chi connectivity index (χ0v) is 30.3. The van der Waals surface area contributed by atoms with Crippen LogP contribution in [0.4, 0.5) is 0 Å². The third-order valence-corrected chi connectivity index (χ3v) is 12.7. The molecule has 4 nitrogen and oxygen atoms in total. The van der Waals surface area contributed by atoms with E-state index in [2.05, 4.69) is 126 Å². The zero-order chi connectivity index (χ0) is 36.7. The van der Waals surface area contributed by atoms with Gasteiger partial charge in [0.05, 0.1) is 20.8 Å². The van der Waals surface area contributed by atoms with Gasteiger partial charge in [-0.15, -0.1) is 0 Å². The fraction of sp³-hybridized carbons (Fsp3) is 0. The number of aromatic nitrogens is 1. The van der Waals surface area contributed by atoms with Gasteiger partial charge in [-0.05, 0) is 111 Å². The fourth-order valence-electron chi connectivity index (χ4n) is 8.31. The number of benzene rings is 9. The van der Waals surface area contributed by atoms with Crippen LogP contribution in [-0.2, 0) is 9.84 Å². The average molecular weight is 726 g/mol. The third-order valence-electron chi connectivity index (χ3n) is 11.0. The summed E-state index contributed by atoms with van der Waals surface area (Å²) in [6.07, 6.45) is 0. The van der Waals surface area contributed by atoms with E-state index in [0.717, 1.165) is 77.1 Å². The van der Waals surface area contributed by atoms with Gasteiger partial charge in [0, 0.05) is 32.8 Å². The number of sulfone groups is 1. The molecule has 0 saturated carbocycles.